The summed E-state index contributed by atoms with van der Waals surface area (Å²) >= 11 is 0. The number of benzene rings is 2. The Kier molecular flexibility index (Phi) is 4.92. The van der Waals surface area contributed by atoms with Gasteiger partial charge in [0.05, 0.1) is 23.5 Å². The first-order valence-electron chi connectivity index (χ1n) is 8.11. The first-order valence-corrected chi connectivity index (χ1v) is 8.11. The van der Waals surface area contributed by atoms with Crippen LogP contribution in [0.5, 0.6) is 0 Å². The summed E-state index contributed by atoms with van der Waals surface area (Å²) in [5.74, 6) is -0.258. The van der Waals surface area contributed by atoms with Gasteiger partial charge in [-0.1, -0.05) is 12.1 Å². The van der Waals surface area contributed by atoms with E-state index in [0.29, 0.717) is 12.1 Å². The normalized spacial score (nSPS) is 11.9. The molecule has 0 amide bonds. The molecule has 0 saturated carbocycles. The SMILES string of the molecule is Cc1c([C@H](C)NCc2ccc(C#N)cc2)cnn1-c1ccc(F)cc1. The topological polar surface area (TPSA) is 53.6 Å². The summed E-state index contributed by atoms with van der Waals surface area (Å²) in [6.45, 7) is 4.79. The molecule has 0 saturated heterocycles. The molecule has 4 nitrogen and oxygen atoms in total. The Labute approximate surface area is 146 Å². The van der Waals surface area contributed by atoms with E-state index in [4.69, 9.17) is 5.26 Å². The van der Waals surface area contributed by atoms with Gasteiger partial charge in [0, 0.05) is 23.8 Å². The summed E-state index contributed by atoms with van der Waals surface area (Å²) < 4.78 is 14.9. The standard InChI is InChI=1S/C20H19FN4/c1-14(23-12-17-5-3-16(11-22)4-6-17)20-13-24-25(15(20)2)19-9-7-18(21)8-10-19/h3-10,13-14,23H,12H2,1-2H3/t14-/m0/s1. The van der Waals surface area contributed by atoms with Crippen molar-refractivity contribution in [3.05, 3.63) is 82.9 Å². The number of rotatable bonds is 5. The number of nitriles is 1. The van der Waals surface area contributed by atoms with Gasteiger partial charge in [-0.05, 0) is 55.8 Å². The van der Waals surface area contributed by atoms with Crippen molar-refractivity contribution in [1.82, 2.24) is 15.1 Å². The fourth-order valence-electron chi connectivity index (χ4n) is 2.77. The van der Waals surface area contributed by atoms with E-state index in [1.807, 2.05) is 42.1 Å². The fourth-order valence-corrected chi connectivity index (χ4v) is 2.77. The minimum absolute atomic E-state index is 0.116. The zero-order chi connectivity index (χ0) is 17.8. The van der Waals surface area contributed by atoms with Crippen molar-refractivity contribution in [2.75, 3.05) is 0 Å². The molecule has 3 rings (SSSR count). The molecule has 1 heterocycles. The van der Waals surface area contributed by atoms with Crippen molar-refractivity contribution < 1.29 is 4.39 Å². The molecule has 126 valence electrons. The number of halogens is 1. The minimum atomic E-state index is -0.258. The van der Waals surface area contributed by atoms with Crippen LogP contribution < -0.4 is 5.32 Å². The maximum absolute atomic E-state index is 13.1. The molecule has 0 aliphatic carbocycles. The van der Waals surface area contributed by atoms with Crippen molar-refractivity contribution in [2.45, 2.75) is 26.4 Å². The number of hydrogen-bond acceptors (Lipinski definition) is 3. The molecule has 0 unspecified atom stereocenters. The highest BCUT2D eigenvalue weighted by molar-refractivity contribution is 5.36. The maximum Gasteiger partial charge on any atom is 0.123 e. The second-order valence-corrected chi connectivity index (χ2v) is 5.98. The Morgan fingerprint density at radius 3 is 2.48 bits per heavy atom. The molecule has 0 aliphatic heterocycles. The molecular formula is C20H19FN4. The van der Waals surface area contributed by atoms with E-state index in [1.165, 1.54) is 12.1 Å². The molecule has 5 heteroatoms. The van der Waals surface area contributed by atoms with Gasteiger partial charge in [-0.2, -0.15) is 10.4 Å². The lowest BCUT2D eigenvalue weighted by Gasteiger charge is -2.14. The summed E-state index contributed by atoms with van der Waals surface area (Å²) in [6, 6.07) is 16.1. The average Bonchev–Trinajstić information content (AvgIpc) is 3.02. The first-order chi connectivity index (χ1) is 12.1. The Bertz CT molecular complexity index is 889. The van der Waals surface area contributed by atoms with Gasteiger partial charge in [0.15, 0.2) is 0 Å². The van der Waals surface area contributed by atoms with Crippen LogP contribution in [0.25, 0.3) is 5.69 Å². The Balaban J connectivity index is 1.71. The van der Waals surface area contributed by atoms with Gasteiger partial charge >= 0.3 is 0 Å². The summed E-state index contributed by atoms with van der Waals surface area (Å²) in [5.41, 5.74) is 4.73. The summed E-state index contributed by atoms with van der Waals surface area (Å²) in [7, 11) is 0. The number of hydrogen-bond donors (Lipinski definition) is 1. The molecule has 3 aromatic rings. The van der Waals surface area contributed by atoms with Crippen LogP contribution in [0.3, 0.4) is 0 Å². The van der Waals surface area contributed by atoms with Gasteiger partial charge < -0.3 is 5.32 Å². The lowest BCUT2D eigenvalue weighted by molar-refractivity contribution is 0.571. The summed E-state index contributed by atoms with van der Waals surface area (Å²) in [4.78, 5) is 0. The Morgan fingerprint density at radius 2 is 1.84 bits per heavy atom. The first kappa shape index (κ1) is 16.9. The van der Waals surface area contributed by atoms with Crippen molar-refractivity contribution in [3.8, 4) is 11.8 Å². The quantitative estimate of drug-likeness (QED) is 0.766. The van der Waals surface area contributed by atoms with Crippen LogP contribution >= 0.6 is 0 Å². The predicted octanol–water partition coefficient (Wildman–Crippen LogP) is 4.04. The smallest absolute Gasteiger partial charge is 0.123 e. The van der Waals surface area contributed by atoms with Crippen LogP contribution in [-0.4, -0.2) is 9.78 Å². The van der Waals surface area contributed by atoms with Crippen molar-refractivity contribution >= 4 is 0 Å². The van der Waals surface area contributed by atoms with Crippen LogP contribution in [0.4, 0.5) is 4.39 Å². The predicted molar refractivity (Wildman–Crippen MR) is 94.7 cm³/mol. The average molecular weight is 334 g/mol. The molecule has 0 fully saturated rings. The van der Waals surface area contributed by atoms with E-state index in [-0.39, 0.29) is 11.9 Å². The molecule has 0 radical (unpaired) electrons. The van der Waals surface area contributed by atoms with Gasteiger partial charge in [0.1, 0.15) is 5.82 Å². The van der Waals surface area contributed by atoms with E-state index in [2.05, 4.69) is 23.4 Å². The molecular weight excluding hydrogens is 315 g/mol. The van der Waals surface area contributed by atoms with Gasteiger partial charge in [-0.25, -0.2) is 9.07 Å². The second-order valence-electron chi connectivity index (χ2n) is 5.98. The van der Waals surface area contributed by atoms with Gasteiger partial charge in [0.25, 0.3) is 0 Å². The molecule has 0 spiro atoms. The fraction of sp³-hybridized carbons (Fsp3) is 0.200. The third-order valence-corrected chi connectivity index (χ3v) is 4.28. The van der Waals surface area contributed by atoms with Crippen LogP contribution in [0, 0.1) is 24.1 Å². The van der Waals surface area contributed by atoms with Gasteiger partial charge in [-0.15, -0.1) is 0 Å². The lowest BCUT2D eigenvalue weighted by atomic mass is 10.1. The third kappa shape index (κ3) is 3.76. The van der Waals surface area contributed by atoms with Crippen LogP contribution in [0.2, 0.25) is 0 Å². The van der Waals surface area contributed by atoms with E-state index in [9.17, 15) is 4.39 Å². The van der Waals surface area contributed by atoms with E-state index in [0.717, 1.165) is 22.5 Å². The molecule has 2 aromatic carbocycles. The van der Waals surface area contributed by atoms with Gasteiger partial charge in [-0.3, -0.25) is 0 Å². The Morgan fingerprint density at radius 1 is 1.16 bits per heavy atom. The molecule has 1 atom stereocenters. The van der Waals surface area contributed by atoms with E-state index >= 15 is 0 Å². The number of nitrogens with zero attached hydrogens (tertiary/aromatic N) is 3. The van der Waals surface area contributed by atoms with Crippen molar-refractivity contribution in [2.24, 2.45) is 0 Å². The highest BCUT2D eigenvalue weighted by atomic mass is 19.1. The number of aromatic nitrogens is 2. The number of nitrogens with one attached hydrogen (secondary N) is 1. The monoisotopic (exact) mass is 334 g/mol. The molecule has 1 N–H and O–H groups in total. The lowest BCUT2D eigenvalue weighted by Crippen LogP contribution is -2.18. The van der Waals surface area contributed by atoms with E-state index in [1.54, 1.807) is 12.1 Å². The Hall–Kier alpha value is -2.97. The van der Waals surface area contributed by atoms with Gasteiger partial charge in [0.2, 0.25) is 0 Å². The van der Waals surface area contributed by atoms with Crippen molar-refractivity contribution in [3.63, 3.8) is 0 Å². The third-order valence-electron chi connectivity index (χ3n) is 4.28. The molecule has 25 heavy (non-hydrogen) atoms. The van der Waals surface area contributed by atoms with Crippen LogP contribution in [-0.2, 0) is 6.54 Å². The largest absolute Gasteiger partial charge is 0.306 e. The maximum atomic E-state index is 13.1. The summed E-state index contributed by atoms with van der Waals surface area (Å²) in [6.07, 6.45) is 1.84. The van der Waals surface area contributed by atoms with Crippen LogP contribution in [0.1, 0.15) is 35.3 Å². The minimum Gasteiger partial charge on any atom is -0.306 e. The zero-order valence-corrected chi connectivity index (χ0v) is 14.2. The molecule has 1 aromatic heterocycles. The molecule has 0 aliphatic rings. The zero-order valence-electron chi connectivity index (χ0n) is 14.2. The second kappa shape index (κ2) is 7.29. The molecule has 0 bridgehead atoms. The highest BCUT2D eigenvalue weighted by Gasteiger charge is 2.14. The highest BCUT2D eigenvalue weighted by Crippen LogP contribution is 2.20. The van der Waals surface area contributed by atoms with E-state index < -0.39 is 0 Å². The van der Waals surface area contributed by atoms with Crippen molar-refractivity contribution in [1.29, 1.82) is 5.26 Å². The summed E-state index contributed by atoms with van der Waals surface area (Å²) in [5, 5.41) is 16.7. The van der Waals surface area contributed by atoms with Crippen LogP contribution in [0.15, 0.2) is 54.7 Å².